The van der Waals surface area contributed by atoms with Crippen LogP contribution < -0.4 is 10.6 Å². The number of nitrogens with one attached hydrogen (secondary N) is 2. The molecule has 0 aromatic carbocycles. The van der Waals surface area contributed by atoms with E-state index in [2.05, 4.69) is 10.6 Å². The zero-order valence-electron chi connectivity index (χ0n) is 8.89. The molecular formula is C8H16ClF3N2OS. The minimum atomic E-state index is -4.21. The molecule has 2 N–H and O–H groups in total. The number of amides is 1. The summed E-state index contributed by atoms with van der Waals surface area (Å²) >= 11 is -0.123. The number of thioether (sulfide) groups is 1. The molecule has 16 heavy (non-hydrogen) atoms. The molecule has 8 heteroatoms. The molecule has 0 aliphatic carbocycles. The van der Waals surface area contributed by atoms with E-state index < -0.39 is 5.51 Å². The summed E-state index contributed by atoms with van der Waals surface area (Å²) in [5.74, 6) is -0.339. The predicted molar refractivity (Wildman–Crippen MR) is 61.9 cm³/mol. The van der Waals surface area contributed by atoms with Crippen LogP contribution in [0.25, 0.3) is 0 Å². The summed E-state index contributed by atoms with van der Waals surface area (Å²) in [5.41, 5.74) is -4.21. The van der Waals surface area contributed by atoms with Crippen molar-refractivity contribution in [1.82, 2.24) is 10.6 Å². The Morgan fingerprint density at radius 2 is 1.94 bits per heavy atom. The van der Waals surface area contributed by atoms with Gasteiger partial charge in [0.25, 0.3) is 0 Å². The Labute approximate surface area is 103 Å². The molecule has 0 atom stereocenters. The van der Waals surface area contributed by atoms with Gasteiger partial charge in [0.2, 0.25) is 5.91 Å². The van der Waals surface area contributed by atoms with Gasteiger partial charge in [-0.05, 0) is 31.8 Å². The van der Waals surface area contributed by atoms with Crippen molar-refractivity contribution in [3.63, 3.8) is 0 Å². The lowest BCUT2D eigenvalue weighted by Gasteiger charge is -2.06. The molecule has 0 aliphatic rings. The van der Waals surface area contributed by atoms with Gasteiger partial charge in [-0.1, -0.05) is 0 Å². The van der Waals surface area contributed by atoms with E-state index in [4.69, 9.17) is 0 Å². The molecule has 3 nitrogen and oxygen atoms in total. The first-order valence-corrected chi connectivity index (χ1v) is 5.56. The highest BCUT2D eigenvalue weighted by Gasteiger charge is 2.27. The Bertz CT molecular complexity index is 193. The quantitative estimate of drug-likeness (QED) is 0.699. The third-order valence-corrected chi connectivity index (χ3v) is 2.26. The number of carbonyl (C=O) groups is 1. The van der Waals surface area contributed by atoms with Gasteiger partial charge in [-0.2, -0.15) is 13.2 Å². The molecule has 0 saturated carbocycles. The maximum atomic E-state index is 11.7. The van der Waals surface area contributed by atoms with Crippen LogP contribution in [0.3, 0.4) is 0 Å². The van der Waals surface area contributed by atoms with E-state index in [0.717, 1.165) is 6.54 Å². The fourth-order valence-corrected chi connectivity index (χ4v) is 1.31. The van der Waals surface area contributed by atoms with Crippen LogP contribution in [0.1, 0.15) is 12.8 Å². The highest BCUT2D eigenvalue weighted by atomic mass is 35.5. The van der Waals surface area contributed by atoms with Crippen molar-refractivity contribution in [1.29, 1.82) is 0 Å². The molecule has 0 aromatic heterocycles. The van der Waals surface area contributed by atoms with Crippen molar-refractivity contribution in [2.75, 3.05) is 25.9 Å². The van der Waals surface area contributed by atoms with Crippen LogP contribution in [-0.4, -0.2) is 37.3 Å². The highest BCUT2D eigenvalue weighted by Crippen LogP contribution is 2.29. The fourth-order valence-electron chi connectivity index (χ4n) is 0.871. The summed E-state index contributed by atoms with van der Waals surface area (Å²) in [4.78, 5) is 11.0. The summed E-state index contributed by atoms with van der Waals surface area (Å²) in [6.45, 7) is 0.785. The second-order valence-electron chi connectivity index (χ2n) is 2.85. The molecule has 0 unspecified atom stereocenters. The average molecular weight is 281 g/mol. The van der Waals surface area contributed by atoms with Crippen LogP contribution in [0, 0.1) is 0 Å². The smallest absolute Gasteiger partial charge is 0.355 e. The first-order valence-electron chi connectivity index (χ1n) is 4.57. The predicted octanol–water partition coefficient (Wildman–Crippen LogP) is 1.78. The Balaban J connectivity index is 0. The molecule has 0 saturated heterocycles. The number of rotatable bonds is 7. The van der Waals surface area contributed by atoms with Crippen LogP contribution >= 0.6 is 24.2 Å². The third kappa shape index (κ3) is 13.9. The lowest BCUT2D eigenvalue weighted by Crippen LogP contribution is -2.27. The monoisotopic (exact) mass is 280 g/mol. The molecule has 0 bridgehead atoms. The Morgan fingerprint density at radius 3 is 2.44 bits per heavy atom. The van der Waals surface area contributed by atoms with Gasteiger partial charge >= 0.3 is 5.51 Å². The van der Waals surface area contributed by atoms with Gasteiger partial charge in [-0.25, -0.2) is 0 Å². The minimum Gasteiger partial charge on any atom is -0.355 e. The minimum absolute atomic E-state index is 0. The van der Waals surface area contributed by atoms with Gasteiger partial charge in [-0.3, -0.25) is 4.79 Å². The van der Waals surface area contributed by atoms with Crippen LogP contribution in [-0.2, 0) is 4.79 Å². The molecule has 0 heterocycles. The maximum absolute atomic E-state index is 11.7. The molecular weight excluding hydrogens is 265 g/mol. The SMILES string of the molecule is CNCCCC(=O)NCCSC(F)(F)F.Cl. The number of hydrogen-bond acceptors (Lipinski definition) is 3. The van der Waals surface area contributed by atoms with Crippen molar-refractivity contribution in [2.45, 2.75) is 18.3 Å². The zero-order chi connectivity index (χ0) is 11.7. The molecule has 0 aromatic rings. The van der Waals surface area contributed by atoms with Crippen molar-refractivity contribution >= 4 is 30.1 Å². The lowest BCUT2D eigenvalue weighted by molar-refractivity contribution is -0.121. The number of halogens is 4. The number of alkyl halides is 3. The molecule has 0 fully saturated rings. The second-order valence-corrected chi connectivity index (χ2v) is 4.01. The van der Waals surface area contributed by atoms with E-state index in [1.54, 1.807) is 7.05 Å². The van der Waals surface area contributed by atoms with Crippen LogP contribution in [0.15, 0.2) is 0 Å². The normalized spacial score (nSPS) is 10.8. The Kier molecular flexibility index (Phi) is 11.4. The third-order valence-electron chi connectivity index (χ3n) is 1.52. The summed E-state index contributed by atoms with van der Waals surface area (Å²) in [7, 11) is 1.78. The average Bonchev–Trinajstić information content (AvgIpc) is 2.11. The lowest BCUT2D eigenvalue weighted by atomic mass is 10.3. The van der Waals surface area contributed by atoms with E-state index >= 15 is 0 Å². The zero-order valence-corrected chi connectivity index (χ0v) is 10.5. The van der Waals surface area contributed by atoms with Gasteiger partial charge in [0.1, 0.15) is 0 Å². The van der Waals surface area contributed by atoms with Crippen LogP contribution in [0.2, 0.25) is 0 Å². The first-order chi connectivity index (χ1) is 6.95. The molecule has 0 aliphatic heterocycles. The van der Waals surface area contributed by atoms with Crippen molar-refractivity contribution < 1.29 is 18.0 Å². The molecule has 98 valence electrons. The Morgan fingerprint density at radius 1 is 1.31 bits per heavy atom. The largest absolute Gasteiger partial charge is 0.441 e. The van der Waals surface area contributed by atoms with E-state index in [1.807, 2.05) is 0 Å². The van der Waals surface area contributed by atoms with E-state index in [9.17, 15) is 18.0 Å². The van der Waals surface area contributed by atoms with E-state index in [-0.39, 0.29) is 42.4 Å². The maximum Gasteiger partial charge on any atom is 0.441 e. The molecule has 0 spiro atoms. The fraction of sp³-hybridized carbons (Fsp3) is 0.875. The van der Waals surface area contributed by atoms with Gasteiger partial charge < -0.3 is 10.6 Å². The standard InChI is InChI=1S/C8H15F3N2OS.ClH/c1-12-4-2-3-7(14)13-5-6-15-8(9,10)11;/h12H,2-6H2,1H3,(H,13,14);1H. The first kappa shape index (κ1) is 18.2. The van der Waals surface area contributed by atoms with Gasteiger partial charge in [0, 0.05) is 18.7 Å². The summed E-state index contributed by atoms with van der Waals surface area (Å²) in [6.07, 6.45) is 1.03. The van der Waals surface area contributed by atoms with E-state index in [0.29, 0.717) is 12.8 Å². The molecule has 1 amide bonds. The van der Waals surface area contributed by atoms with Crippen LogP contribution in [0.5, 0.6) is 0 Å². The summed E-state index contributed by atoms with van der Waals surface area (Å²) in [5, 5.41) is 5.30. The highest BCUT2D eigenvalue weighted by molar-refractivity contribution is 8.00. The summed E-state index contributed by atoms with van der Waals surface area (Å²) in [6, 6.07) is 0. The molecule has 0 rings (SSSR count). The number of hydrogen-bond donors (Lipinski definition) is 2. The number of carbonyl (C=O) groups excluding carboxylic acids is 1. The van der Waals surface area contributed by atoms with Gasteiger partial charge in [-0.15, -0.1) is 12.4 Å². The van der Waals surface area contributed by atoms with E-state index in [1.165, 1.54) is 0 Å². The van der Waals surface area contributed by atoms with Crippen LogP contribution in [0.4, 0.5) is 13.2 Å². The van der Waals surface area contributed by atoms with Crippen molar-refractivity contribution in [3.8, 4) is 0 Å². The summed E-state index contributed by atoms with van der Waals surface area (Å²) < 4.78 is 35.0. The van der Waals surface area contributed by atoms with Gasteiger partial charge in [0.05, 0.1) is 0 Å². The van der Waals surface area contributed by atoms with Crippen molar-refractivity contribution in [3.05, 3.63) is 0 Å². The second kappa shape index (κ2) is 10.0. The topological polar surface area (TPSA) is 41.1 Å². The molecule has 0 radical (unpaired) electrons. The Hall–Kier alpha value is -0.140. The van der Waals surface area contributed by atoms with Gasteiger partial charge in [0.15, 0.2) is 0 Å². The van der Waals surface area contributed by atoms with Crippen molar-refractivity contribution in [2.24, 2.45) is 0 Å².